The molecular formula is C9H14F2N4O2. The van der Waals surface area contributed by atoms with E-state index in [1.807, 2.05) is 5.43 Å². The second-order valence-electron chi connectivity index (χ2n) is 3.28. The summed E-state index contributed by atoms with van der Waals surface area (Å²) < 4.78 is 31.0. The van der Waals surface area contributed by atoms with Crippen LogP contribution in [0.1, 0.15) is 0 Å². The van der Waals surface area contributed by atoms with Crippen molar-refractivity contribution in [1.29, 1.82) is 0 Å². The average Bonchev–Trinajstić information content (AvgIpc) is 2.28. The lowest BCUT2D eigenvalue weighted by Crippen LogP contribution is -2.25. The third-order valence-corrected chi connectivity index (χ3v) is 1.93. The van der Waals surface area contributed by atoms with E-state index in [0.717, 1.165) is 0 Å². The van der Waals surface area contributed by atoms with E-state index in [0.29, 0.717) is 6.07 Å². The first kappa shape index (κ1) is 13.6. The highest BCUT2D eigenvalue weighted by atomic mass is 19.1. The number of nitrogens with zero attached hydrogens (tertiary/aromatic N) is 1. The van der Waals surface area contributed by atoms with E-state index in [9.17, 15) is 13.9 Å². The molecule has 0 aliphatic rings. The summed E-state index contributed by atoms with van der Waals surface area (Å²) in [7, 11) is 1.43. The van der Waals surface area contributed by atoms with Gasteiger partial charge in [-0.2, -0.15) is 0 Å². The highest BCUT2D eigenvalue weighted by Crippen LogP contribution is 2.17. The molecule has 6 nitrogen and oxygen atoms in total. The smallest absolute Gasteiger partial charge is 0.178 e. The molecule has 0 fully saturated rings. The zero-order valence-corrected chi connectivity index (χ0v) is 9.20. The Balaban J connectivity index is 2.70. The fraction of sp³-hybridized carbons (Fsp3) is 0.444. The molecule has 0 saturated heterocycles. The molecule has 0 aliphatic heterocycles. The Morgan fingerprint density at radius 1 is 1.47 bits per heavy atom. The molecule has 0 aliphatic carbocycles. The maximum atomic E-state index is 13.3. The number of aliphatic hydroxyl groups is 1. The summed E-state index contributed by atoms with van der Waals surface area (Å²) in [5, 5.41) is 11.9. The predicted octanol–water partition coefficient (Wildman–Crippen LogP) is 0.0646. The maximum absolute atomic E-state index is 13.3. The van der Waals surface area contributed by atoms with Crippen LogP contribution >= 0.6 is 0 Å². The summed E-state index contributed by atoms with van der Waals surface area (Å²) in [6.07, 6.45) is -0.819. The second kappa shape index (κ2) is 6.28. The standard InChI is InChI=1S/C9H14F2N4O2/c1-17-4-5(16)3-13-8-6(10)2-7(11)9(14-8)15-12/h2,5,16H,3-4,12H2,1H3,(H2,13,14,15). The predicted molar refractivity (Wildman–Crippen MR) is 58.3 cm³/mol. The van der Waals surface area contributed by atoms with Gasteiger partial charge in [-0.15, -0.1) is 0 Å². The van der Waals surface area contributed by atoms with Crippen LogP contribution in [-0.2, 0) is 4.74 Å². The van der Waals surface area contributed by atoms with Crippen LogP contribution in [0, 0.1) is 11.6 Å². The van der Waals surface area contributed by atoms with Gasteiger partial charge < -0.3 is 20.6 Å². The van der Waals surface area contributed by atoms with E-state index in [-0.39, 0.29) is 24.8 Å². The Morgan fingerprint density at radius 3 is 2.71 bits per heavy atom. The topological polar surface area (TPSA) is 92.4 Å². The first-order valence-corrected chi connectivity index (χ1v) is 4.82. The van der Waals surface area contributed by atoms with E-state index < -0.39 is 17.7 Å². The summed E-state index contributed by atoms with van der Waals surface area (Å²) in [5.41, 5.74) is 2.00. The molecule has 0 bridgehead atoms. The minimum Gasteiger partial charge on any atom is -0.389 e. The van der Waals surface area contributed by atoms with Crippen molar-refractivity contribution in [2.75, 3.05) is 31.0 Å². The quantitative estimate of drug-likeness (QED) is 0.420. The minimum atomic E-state index is -0.895. The van der Waals surface area contributed by atoms with Crippen molar-refractivity contribution in [2.45, 2.75) is 6.10 Å². The molecule has 1 atom stereocenters. The average molecular weight is 248 g/mol. The van der Waals surface area contributed by atoms with Crippen molar-refractivity contribution in [3.05, 3.63) is 17.7 Å². The number of aromatic nitrogens is 1. The normalized spacial score (nSPS) is 12.3. The van der Waals surface area contributed by atoms with Crippen molar-refractivity contribution in [1.82, 2.24) is 4.98 Å². The molecule has 8 heteroatoms. The van der Waals surface area contributed by atoms with E-state index in [2.05, 4.69) is 15.0 Å². The number of nitrogens with one attached hydrogen (secondary N) is 2. The Bertz CT molecular complexity index is 378. The van der Waals surface area contributed by atoms with Gasteiger partial charge in [0.1, 0.15) is 0 Å². The molecule has 0 aromatic carbocycles. The van der Waals surface area contributed by atoms with Gasteiger partial charge in [0.2, 0.25) is 0 Å². The lowest BCUT2D eigenvalue weighted by Gasteiger charge is -2.12. The summed E-state index contributed by atoms with van der Waals surface area (Å²) in [5.74, 6) is 2.75. The van der Waals surface area contributed by atoms with Gasteiger partial charge in [0.25, 0.3) is 0 Å². The number of anilines is 2. The highest BCUT2D eigenvalue weighted by Gasteiger charge is 2.12. The van der Waals surface area contributed by atoms with Crippen molar-refractivity contribution in [3.8, 4) is 0 Å². The molecule has 17 heavy (non-hydrogen) atoms. The van der Waals surface area contributed by atoms with Gasteiger partial charge in [0.05, 0.1) is 12.7 Å². The van der Waals surface area contributed by atoms with Crippen LogP contribution < -0.4 is 16.6 Å². The fourth-order valence-corrected chi connectivity index (χ4v) is 1.16. The van der Waals surface area contributed by atoms with Crippen molar-refractivity contribution in [3.63, 3.8) is 0 Å². The van der Waals surface area contributed by atoms with E-state index in [1.54, 1.807) is 0 Å². The van der Waals surface area contributed by atoms with Gasteiger partial charge in [-0.05, 0) is 0 Å². The number of hydrogen-bond donors (Lipinski definition) is 4. The third-order valence-electron chi connectivity index (χ3n) is 1.93. The number of methoxy groups -OCH3 is 1. The zero-order valence-electron chi connectivity index (χ0n) is 9.20. The monoisotopic (exact) mass is 248 g/mol. The van der Waals surface area contributed by atoms with E-state index in [4.69, 9.17) is 5.84 Å². The Labute approximate surface area is 96.8 Å². The van der Waals surface area contributed by atoms with Crippen molar-refractivity contribution >= 4 is 11.6 Å². The first-order chi connectivity index (χ1) is 8.08. The lowest BCUT2D eigenvalue weighted by atomic mass is 10.3. The SMILES string of the molecule is COCC(O)CNc1nc(NN)c(F)cc1F. The number of hydrazine groups is 1. The number of hydrogen-bond acceptors (Lipinski definition) is 6. The summed E-state index contributed by atoms with van der Waals surface area (Å²) in [6, 6.07) is 0.646. The van der Waals surface area contributed by atoms with Gasteiger partial charge in [-0.1, -0.05) is 0 Å². The van der Waals surface area contributed by atoms with Gasteiger partial charge >= 0.3 is 0 Å². The largest absolute Gasteiger partial charge is 0.389 e. The molecule has 1 heterocycles. The van der Waals surface area contributed by atoms with Crippen LogP contribution in [0.4, 0.5) is 20.4 Å². The molecule has 1 rings (SSSR count). The Kier molecular flexibility index (Phi) is 5.01. The molecule has 0 spiro atoms. The van der Waals surface area contributed by atoms with Gasteiger partial charge in [0, 0.05) is 19.7 Å². The number of halogens is 2. The van der Waals surface area contributed by atoms with Crippen LogP contribution in [0.25, 0.3) is 0 Å². The minimum absolute atomic E-state index is 0.0212. The molecule has 1 unspecified atom stereocenters. The van der Waals surface area contributed by atoms with Crippen LogP contribution in [0.3, 0.4) is 0 Å². The lowest BCUT2D eigenvalue weighted by molar-refractivity contribution is 0.0727. The molecular weight excluding hydrogens is 234 g/mol. The zero-order chi connectivity index (χ0) is 12.8. The molecule has 5 N–H and O–H groups in total. The molecule has 1 aromatic heterocycles. The first-order valence-electron chi connectivity index (χ1n) is 4.82. The number of pyridine rings is 1. The number of nitrogen functional groups attached to an aromatic ring is 1. The Hall–Kier alpha value is -1.51. The number of aliphatic hydroxyl groups excluding tert-OH is 1. The molecule has 0 radical (unpaired) electrons. The van der Waals surface area contributed by atoms with Crippen molar-refractivity contribution in [2.24, 2.45) is 5.84 Å². The van der Waals surface area contributed by atoms with Gasteiger partial charge in [0.15, 0.2) is 23.3 Å². The van der Waals surface area contributed by atoms with Crippen LogP contribution in [0.15, 0.2) is 6.07 Å². The van der Waals surface area contributed by atoms with Crippen LogP contribution in [0.5, 0.6) is 0 Å². The maximum Gasteiger partial charge on any atom is 0.178 e. The van der Waals surface area contributed by atoms with E-state index >= 15 is 0 Å². The van der Waals surface area contributed by atoms with Gasteiger partial charge in [-0.25, -0.2) is 19.6 Å². The van der Waals surface area contributed by atoms with Gasteiger partial charge in [-0.3, -0.25) is 0 Å². The van der Waals surface area contributed by atoms with Crippen molar-refractivity contribution < 1.29 is 18.6 Å². The summed E-state index contributed by atoms with van der Waals surface area (Å²) in [6.45, 7) is 0.116. The highest BCUT2D eigenvalue weighted by molar-refractivity contribution is 5.46. The third kappa shape index (κ3) is 3.77. The number of rotatable bonds is 6. The second-order valence-corrected chi connectivity index (χ2v) is 3.28. The summed E-state index contributed by atoms with van der Waals surface area (Å²) >= 11 is 0. The van der Waals surface area contributed by atoms with Crippen LogP contribution in [0.2, 0.25) is 0 Å². The fourth-order valence-electron chi connectivity index (χ4n) is 1.16. The Morgan fingerprint density at radius 2 is 2.12 bits per heavy atom. The molecule has 1 aromatic rings. The number of nitrogens with two attached hydrogens (primary N) is 1. The van der Waals surface area contributed by atoms with Crippen LogP contribution in [-0.4, -0.2) is 36.5 Å². The van der Waals surface area contributed by atoms with E-state index in [1.165, 1.54) is 7.11 Å². The molecule has 0 amide bonds. The molecule has 96 valence electrons. The number of ether oxygens (including phenoxy) is 1. The molecule has 0 saturated carbocycles. The summed E-state index contributed by atoms with van der Waals surface area (Å²) in [4.78, 5) is 3.57.